The van der Waals surface area contributed by atoms with Gasteiger partial charge in [-0.1, -0.05) is 103 Å². The molecule has 0 amide bonds. The molecular weight excluding hydrogens is 573 g/mol. The summed E-state index contributed by atoms with van der Waals surface area (Å²) in [6.07, 6.45) is 4.13. The summed E-state index contributed by atoms with van der Waals surface area (Å²) >= 11 is 0. The first kappa shape index (κ1) is 25.9. The van der Waals surface area contributed by atoms with E-state index in [1.807, 2.05) is 24.4 Å². The molecule has 47 heavy (non-hydrogen) atoms. The lowest BCUT2D eigenvalue weighted by molar-refractivity contribution is 1.13. The number of nitrogens with zero attached hydrogens (tertiary/aromatic N) is 4. The maximum absolute atomic E-state index is 4.85. The lowest BCUT2D eigenvalue weighted by atomic mass is 10.0. The van der Waals surface area contributed by atoms with Gasteiger partial charge in [0.05, 0.1) is 27.8 Å². The van der Waals surface area contributed by atoms with Crippen LogP contribution in [0.1, 0.15) is 0 Å². The molecule has 0 bridgehead atoms. The van der Waals surface area contributed by atoms with Gasteiger partial charge in [0, 0.05) is 50.9 Å². The Kier molecular flexibility index (Phi) is 5.54. The maximum Gasteiger partial charge on any atom is 0.137 e. The van der Waals surface area contributed by atoms with Crippen molar-refractivity contribution in [1.29, 1.82) is 0 Å². The van der Waals surface area contributed by atoms with Gasteiger partial charge in [-0.15, -0.1) is 0 Å². The molecule has 0 N–H and O–H groups in total. The third-order valence-corrected chi connectivity index (χ3v) is 9.46. The first-order valence-corrected chi connectivity index (χ1v) is 16.0. The number of benzene rings is 6. The first-order chi connectivity index (χ1) is 23.3. The summed E-state index contributed by atoms with van der Waals surface area (Å²) in [5.74, 6) is 0. The van der Waals surface area contributed by atoms with Crippen molar-refractivity contribution in [2.24, 2.45) is 0 Å². The molecule has 0 radical (unpaired) electrons. The van der Waals surface area contributed by atoms with Gasteiger partial charge in [0.1, 0.15) is 5.65 Å². The largest absolute Gasteiger partial charge is 0.309 e. The monoisotopic (exact) mass is 600 g/mol. The molecule has 4 nitrogen and oxygen atoms in total. The second kappa shape index (κ2) is 10.1. The van der Waals surface area contributed by atoms with Crippen LogP contribution in [0.4, 0.5) is 0 Å². The second-order valence-electron chi connectivity index (χ2n) is 12.1. The highest BCUT2D eigenvalue weighted by molar-refractivity contribution is 6.10. The fraction of sp³-hybridized carbons (Fsp3) is 0. The number of pyridine rings is 1. The highest BCUT2D eigenvalue weighted by atomic mass is 15.0. The zero-order valence-corrected chi connectivity index (χ0v) is 25.5. The quantitative estimate of drug-likeness (QED) is 0.197. The molecule has 4 heteroatoms. The molecule has 0 aliphatic rings. The molecule has 4 heterocycles. The van der Waals surface area contributed by atoms with E-state index in [2.05, 4.69) is 159 Å². The van der Waals surface area contributed by atoms with E-state index in [0.717, 1.165) is 39.4 Å². The summed E-state index contributed by atoms with van der Waals surface area (Å²) < 4.78 is 6.89. The molecular formula is C43H28N4. The summed E-state index contributed by atoms with van der Waals surface area (Å²) in [5.41, 5.74) is 12.4. The van der Waals surface area contributed by atoms with Crippen molar-refractivity contribution in [2.75, 3.05) is 0 Å². The van der Waals surface area contributed by atoms with E-state index in [0.29, 0.717) is 0 Å². The van der Waals surface area contributed by atoms with Crippen LogP contribution in [0.3, 0.4) is 0 Å². The van der Waals surface area contributed by atoms with E-state index >= 15 is 0 Å². The summed E-state index contributed by atoms with van der Waals surface area (Å²) in [6.45, 7) is 0. The van der Waals surface area contributed by atoms with Gasteiger partial charge in [0.25, 0.3) is 0 Å². The van der Waals surface area contributed by atoms with E-state index < -0.39 is 0 Å². The van der Waals surface area contributed by atoms with Crippen LogP contribution >= 0.6 is 0 Å². The van der Waals surface area contributed by atoms with Crippen LogP contribution in [0.15, 0.2) is 170 Å². The highest BCUT2D eigenvalue weighted by Crippen LogP contribution is 2.38. The van der Waals surface area contributed by atoms with E-state index in [4.69, 9.17) is 4.98 Å². The Labute approximate surface area is 271 Å². The number of hydrogen-bond donors (Lipinski definition) is 0. The van der Waals surface area contributed by atoms with Crippen LogP contribution < -0.4 is 0 Å². The zero-order valence-electron chi connectivity index (χ0n) is 25.5. The number of rotatable bonds is 4. The molecule has 4 aromatic heterocycles. The SMILES string of the molecule is c1ccc2c(c1)c1ccccc1n2-c1cc(-c2ccc(-c3cn4ccccc4n3)cc2)cc(-n2c3ccccc3c3ccccc32)c1. The lowest BCUT2D eigenvalue weighted by Gasteiger charge is -2.16. The molecule has 10 aromatic rings. The number of hydrogen-bond acceptors (Lipinski definition) is 1. The molecule has 6 aromatic carbocycles. The average Bonchev–Trinajstić information content (AvgIpc) is 3.82. The van der Waals surface area contributed by atoms with E-state index in [1.165, 1.54) is 43.6 Å². The minimum atomic E-state index is 0.946. The summed E-state index contributed by atoms with van der Waals surface area (Å²) in [4.78, 5) is 4.85. The van der Waals surface area contributed by atoms with Gasteiger partial charge in [-0.05, 0) is 65.7 Å². The second-order valence-corrected chi connectivity index (χ2v) is 12.1. The molecule has 0 spiro atoms. The summed E-state index contributed by atoms with van der Waals surface area (Å²) in [7, 11) is 0. The predicted octanol–water partition coefficient (Wildman–Crippen LogP) is 10.9. The van der Waals surface area contributed by atoms with Gasteiger partial charge in [-0.2, -0.15) is 0 Å². The number of fused-ring (bicyclic) bond motifs is 7. The molecule has 0 saturated heterocycles. The van der Waals surface area contributed by atoms with Crippen molar-refractivity contribution in [3.8, 4) is 33.8 Å². The fourth-order valence-corrected chi connectivity index (χ4v) is 7.33. The standard InChI is InChI=1S/C43H28N4/c1-5-15-39-34(11-1)35-12-2-6-16-40(35)46(39)32-25-31(29-20-22-30(23-21-29)38-28-45-24-10-9-19-43(45)44-38)26-33(27-32)47-41-17-7-3-13-36(41)37-14-4-8-18-42(37)47/h1-28H. The molecule has 0 unspecified atom stereocenters. The van der Waals surface area contributed by atoms with Crippen LogP contribution in [0.5, 0.6) is 0 Å². The third-order valence-electron chi connectivity index (χ3n) is 9.46. The Balaban J connectivity index is 1.23. The Morgan fingerprint density at radius 3 is 1.32 bits per heavy atom. The average molecular weight is 601 g/mol. The first-order valence-electron chi connectivity index (χ1n) is 16.0. The minimum absolute atomic E-state index is 0.946. The number of aromatic nitrogens is 4. The van der Waals surface area contributed by atoms with Crippen molar-refractivity contribution < 1.29 is 0 Å². The molecule has 10 rings (SSSR count). The summed E-state index contributed by atoms with van der Waals surface area (Å²) in [5, 5.41) is 5.01. The van der Waals surface area contributed by atoms with Crippen LogP contribution in [-0.2, 0) is 0 Å². The summed E-state index contributed by atoms with van der Waals surface area (Å²) in [6, 6.07) is 56.8. The van der Waals surface area contributed by atoms with Gasteiger partial charge in [0.15, 0.2) is 0 Å². The van der Waals surface area contributed by atoms with Crippen LogP contribution in [-0.4, -0.2) is 18.5 Å². The number of para-hydroxylation sites is 4. The topological polar surface area (TPSA) is 27.2 Å². The van der Waals surface area contributed by atoms with Crippen LogP contribution in [0.25, 0.3) is 83.0 Å². The third kappa shape index (κ3) is 3.98. The van der Waals surface area contributed by atoms with Gasteiger partial charge < -0.3 is 13.5 Å². The van der Waals surface area contributed by atoms with Gasteiger partial charge in [-0.25, -0.2) is 4.98 Å². The molecule has 0 atom stereocenters. The number of imidazole rings is 1. The Bertz CT molecular complexity index is 2520. The van der Waals surface area contributed by atoms with Gasteiger partial charge in [0.2, 0.25) is 0 Å². The van der Waals surface area contributed by atoms with E-state index in [1.54, 1.807) is 0 Å². The van der Waals surface area contributed by atoms with Crippen molar-refractivity contribution in [3.05, 3.63) is 170 Å². The lowest BCUT2D eigenvalue weighted by Crippen LogP contribution is -2.00. The predicted molar refractivity (Wildman–Crippen MR) is 195 cm³/mol. The Morgan fingerprint density at radius 1 is 0.383 bits per heavy atom. The van der Waals surface area contributed by atoms with Gasteiger partial charge >= 0.3 is 0 Å². The molecule has 0 aliphatic heterocycles. The minimum Gasteiger partial charge on any atom is -0.309 e. The molecule has 0 fully saturated rings. The Morgan fingerprint density at radius 2 is 0.830 bits per heavy atom. The molecule has 0 saturated carbocycles. The van der Waals surface area contributed by atoms with Crippen LogP contribution in [0.2, 0.25) is 0 Å². The van der Waals surface area contributed by atoms with Crippen molar-refractivity contribution >= 4 is 49.3 Å². The fourth-order valence-electron chi connectivity index (χ4n) is 7.33. The molecule has 0 aliphatic carbocycles. The van der Waals surface area contributed by atoms with E-state index in [9.17, 15) is 0 Å². The van der Waals surface area contributed by atoms with Crippen LogP contribution in [0, 0.1) is 0 Å². The van der Waals surface area contributed by atoms with E-state index in [-0.39, 0.29) is 0 Å². The zero-order chi connectivity index (χ0) is 30.9. The highest BCUT2D eigenvalue weighted by Gasteiger charge is 2.17. The van der Waals surface area contributed by atoms with Gasteiger partial charge in [-0.3, -0.25) is 0 Å². The normalized spacial score (nSPS) is 11.8. The van der Waals surface area contributed by atoms with Crippen molar-refractivity contribution in [3.63, 3.8) is 0 Å². The maximum atomic E-state index is 4.85. The van der Waals surface area contributed by atoms with Crippen molar-refractivity contribution in [2.45, 2.75) is 0 Å². The molecule has 220 valence electrons. The van der Waals surface area contributed by atoms with Crippen molar-refractivity contribution in [1.82, 2.24) is 18.5 Å². The Hall–Kier alpha value is -6.39. The smallest absolute Gasteiger partial charge is 0.137 e.